The normalized spacial score (nSPS) is 11.5. The Balaban J connectivity index is 1.81. The molecule has 1 atom stereocenters. The van der Waals surface area contributed by atoms with Gasteiger partial charge in [-0.3, -0.25) is 14.6 Å². The molecule has 5 nitrogen and oxygen atoms in total. The van der Waals surface area contributed by atoms with Gasteiger partial charge >= 0.3 is 0 Å². The van der Waals surface area contributed by atoms with Crippen LogP contribution in [0.15, 0.2) is 85.2 Å². The highest BCUT2D eigenvalue weighted by molar-refractivity contribution is 5.87. The summed E-state index contributed by atoms with van der Waals surface area (Å²) in [6, 6.07) is 22.6. The van der Waals surface area contributed by atoms with Crippen LogP contribution in [0.5, 0.6) is 0 Å². The Hall–Kier alpha value is -3.47. The van der Waals surface area contributed by atoms with Crippen LogP contribution in [0.4, 0.5) is 0 Å². The number of rotatable bonds is 8. The number of aromatic nitrogens is 1. The lowest BCUT2D eigenvalue weighted by Crippen LogP contribution is -2.49. The van der Waals surface area contributed by atoms with E-state index in [0.717, 1.165) is 16.7 Å². The van der Waals surface area contributed by atoms with Crippen molar-refractivity contribution in [2.24, 2.45) is 0 Å². The van der Waals surface area contributed by atoms with Crippen molar-refractivity contribution >= 4 is 11.8 Å². The predicted octanol–water partition coefficient (Wildman–Crippen LogP) is 3.36. The standard InChI is InChI=1S/C24H25N3O2/c1-19(28)27(18-21-11-6-3-7-12-21)23(15-20-9-4-2-5-10-20)24(29)26-17-22-13-8-14-25-16-22/h2-14,16,23H,15,17-18H2,1H3,(H,26,29)/t23-/m0/s1. The summed E-state index contributed by atoms with van der Waals surface area (Å²) < 4.78 is 0. The van der Waals surface area contributed by atoms with Gasteiger partial charge in [0.15, 0.2) is 0 Å². The maximum absolute atomic E-state index is 13.1. The summed E-state index contributed by atoms with van der Waals surface area (Å²) in [4.78, 5) is 31.3. The number of carbonyl (C=O) groups excluding carboxylic acids is 2. The van der Waals surface area contributed by atoms with E-state index >= 15 is 0 Å². The molecule has 0 aliphatic rings. The maximum atomic E-state index is 13.1. The molecular weight excluding hydrogens is 362 g/mol. The van der Waals surface area contributed by atoms with Gasteiger partial charge in [-0.2, -0.15) is 0 Å². The van der Waals surface area contributed by atoms with Gasteiger partial charge in [0.2, 0.25) is 11.8 Å². The van der Waals surface area contributed by atoms with Crippen LogP contribution in [0.2, 0.25) is 0 Å². The number of amides is 2. The molecule has 5 heteroatoms. The minimum Gasteiger partial charge on any atom is -0.350 e. The fraction of sp³-hybridized carbons (Fsp3) is 0.208. The molecule has 29 heavy (non-hydrogen) atoms. The quantitative estimate of drug-likeness (QED) is 0.645. The molecule has 148 valence electrons. The summed E-state index contributed by atoms with van der Waals surface area (Å²) in [5.74, 6) is -0.310. The zero-order valence-corrected chi connectivity index (χ0v) is 16.5. The smallest absolute Gasteiger partial charge is 0.243 e. The van der Waals surface area contributed by atoms with Crippen LogP contribution in [-0.2, 0) is 29.1 Å². The SMILES string of the molecule is CC(=O)N(Cc1ccccc1)[C@@H](Cc1ccccc1)C(=O)NCc1cccnc1. The zero-order valence-electron chi connectivity index (χ0n) is 16.5. The number of pyridine rings is 1. The van der Waals surface area contributed by atoms with Gasteiger partial charge in [-0.25, -0.2) is 0 Å². The molecule has 0 aliphatic heterocycles. The molecule has 3 aromatic rings. The van der Waals surface area contributed by atoms with Crippen molar-refractivity contribution in [2.45, 2.75) is 32.5 Å². The van der Waals surface area contributed by atoms with Crippen LogP contribution < -0.4 is 5.32 Å². The third-order valence-corrected chi connectivity index (χ3v) is 4.74. The van der Waals surface area contributed by atoms with Crippen LogP contribution in [0.3, 0.4) is 0 Å². The molecular formula is C24H25N3O2. The number of nitrogens with one attached hydrogen (secondary N) is 1. The van der Waals surface area contributed by atoms with E-state index in [4.69, 9.17) is 0 Å². The first-order valence-electron chi connectivity index (χ1n) is 9.65. The third kappa shape index (κ3) is 6.01. The van der Waals surface area contributed by atoms with Crippen molar-refractivity contribution in [2.75, 3.05) is 0 Å². The fourth-order valence-electron chi connectivity index (χ4n) is 3.21. The topological polar surface area (TPSA) is 62.3 Å². The minimum atomic E-state index is -0.605. The Morgan fingerprint density at radius 2 is 1.52 bits per heavy atom. The van der Waals surface area contributed by atoms with Gasteiger partial charge in [-0.05, 0) is 22.8 Å². The Labute approximate surface area is 171 Å². The lowest BCUT2D eigenvalue weighted by molar-refractivity contribution is -0.139. The van der Waals surface area contributed by atoms with Gasteiger partial charge in [-0.1, -0.05) is 66.7 Å². The molecule has 1 N–H and O–H groups in total. The molecule has 2 aromatic carbocycles. The van der Waals surface area contributed by atoms with E-state index in [2.05, 4.69) is 10.3 Å². The first-order valence-corrected chi connectivity index (χ1v) is 9.65. The first kappa shape index (κ1) is 20.3. The van der Waals surface area contributed by atoms with Crippen molar-refractivity contribution in [1.29, 1.82) is 0 Å². The molecule has 0 fully saturated rings. The molecule has 2 amide bonds. The lowest BCUT2D eigenvalue weighted by Gasteiger charge is -2.30. The molecule has 3 rings (SSSR count). The molecule has 1 heterocycles. The second-order valence-electron chi connectivity index (χ2n) is 6.92. The van der Waals surface area contributed by atoms with Crippen LogP contribution in [-0.4, -0.2) is 27.7 Å². The summed E-state index contributed by atoms with van der Waals surface area (Å²) in [6.07, 6.45) is 3.87. The van der Waals surface area contributed by atoms with Gasteiger partial charge in [-0.15, -0.1) is 0 Å². The van der Waals surface area contributed by atoms with Crippen LogP contribution in [0.25, 0.3) is 0 Å². The Kier molecular flexibility index (Phi) is 7.11. The van der Waals surface area contributed by atoms with Gasteiger partial charge in [0.05, 0.1) is 0 Å². The molecule has 0 radical (unpaired) electrons. The van der Waals surface area contributed by atoms with Crippen molar-refractivity contribution in [3.05, 3.63) is 102 Å². The zero-order chi connectivity index (χ0) is 20.5. The van der Waals surface area contributed by atoms with Gasteiger partial charge in [0, 0.05) is 38.8 Å². The number of benzene rings is 2. The van der Waals surface area contributed by atoms with Crippen LogP contribution in [0, 0.1) is 0 Å². The largest absolute Gasteiger partial charge is 0.350 e. The van der Waals surface area contributed by atoms with Crippen molar-refractivity contribution < 1.29 is 9.59 Å². The van der Waals surface area contributed by atoms with E-state index in [1.807, 2.05) is 72.8 Å². The molecule has 1 aromatic heterocycles. The highest BCUT2D eigenvalue weighted by atomic mass is 16.2. The fourth-order valence-corrected chi connectivity index (χ4v) is 3.21. The van der Waals surface area contributed by atoms with Crippen molar-refractivity contribution in [3.8, 4) is 0 Å². The summed E-state index contributed by atoms with van der Waals surface area (Å²) in [6.45, 7) is 2.26. The van der Waals surface area contributed by atoms with E-state index in [1.54, 1.807) is 17.3 Å². The first-order chi connectivity index (χ1) is 14.1. The average molecular weight is 387 g/mol. The van der Waals surface area contributed by atoms with E-state index in [1.165, 1.54) is 6.92 Å². The lowest BCUT2D eigenvalue weighted by atomic mass is 10.0. The van der Waals surface area contributed by atoms with E-state index in [-0.39, 0.29) is 11.8 Å². The third-order valence-electron chi connectivity index (χ3n) is 4.74. The van der Waals surface area contributed by atoms with Gasteiger partial charge < -0.3 is 10.2 Å². The summed E-state index contributed by atoms with van der Waals surface area (Å²) >= 11 is 0. The minimum absolute atomic E-state index is 0.133. The van der Waals surface area contributed by atoms with E-state index in [9.17, 15) is 9.59 Å². The van der Waals surface area contributed by atoms with Crippen LogP contribution >= 0.6 is 0 Å². The molecule has 0 saturated heterocycles. The summed E-state index contributed by atoms with van der Waals surface area (Å²) in [5.41, 5.74) is 2.91. The van der Waals surface area contributed by atoms with Crippen molar-refractivity contribution in [3.63, 3.8) is 0 Å². The second-order valence-corrected chi connectivity index (χ2v) is 6.92. The molecule has 0 unspecified atom stereocenters. The Morgan fingerprint density at radius 1 is 0.897 bits per heavy atom. The second kappa shape index (κ2) is 10.2. The highest BCUT2D eigenvalue weighted by Gasteiger charge is 2.28. The Morgan fingerprint density at radius 3 is 2.10 bits per heavy atom. The highest BCUT2D eigenvalue weighted by Crippen LogP contribution is 2.15. The van der Waals surface area contributed by atoms with E-state index in [0.29, 0.717) is 19.5 Å². The molecule has 0 spiro atoms. The average Bonchev–Trinajstić information content (AvgIpc) is 2.76. The molecule has 0 saturated carbocycles. The van der Waals surface area contributed by atoms with E-state index < -0.39 is 6.04 Å². The number of hydrogen-bond acceptors (Lipinski definition) is 3. The monoisotopic (exact) mass is 387 g/mol. The molecule has 0 aliphatic carbocycles. The number of carbonyl (C=O) groups is 2. The summed E-state index contributed by atoms with van der Waals surface area (Å²) in [7, 11) is 0. The summed E-state index contributed by atoms with van der Waals surface area (Å²) in [5, 5.41) is 2.97. The predicted molar refractivity (Wildman–Crippen MR) is 113 cm³/mol. The van der Waals surface area contributed by atoms with Gasteiger partial charge in [0.1, 0.15) is 6.04 Å². The maximum Gasteiger partial charge on any atom is 0.243 e. The molecule has 0 bridgehead atoms. The van der Waals surface area contributed by atoms with Crippen molar-refractivity contribution in [1.82, 2.24) is 15.2 Å². The number of hydrogen-bond donors (Lipinski definition) is 1. The Bertz CT molecular complexity index is 915. The van der Waals surface area contributed by atoms with Crippen LogP contribution in [0.1, 0.15) is 23.6 Å². The van der Waals surface area contributed by atoms with Gasteiger partial charge in [0.25, 0.3) is 0 Å². The number of nitrogens with zero attached hydrogens (tertiary/aromatic N) is 2.